The average Bonchev–Trinajstić information content (AvgIpc) is 3.02. The van der Waals surface area contributed by atoms with Crippen LogP contribution < -0.4 is 0 Å². The summed E-state index contributed by atoms with van der Waals surface area (Å²) in [5.41, 5.74) is 1.81. The van der Waals surface area contributed by atoms with Crippen molar-refractivity contribution in [2.45, 2.75) is 31.8 Å². The summed E-state index contributed by atoms with van der Waals surface area (Å²) in [7, 11) is 0. The molecule has 6 heteroatoms. The van der Waals surface area contributed by atoms with Gasteiger partial charge < -0.3 is 14.4 Å². The van der Waals surface area contributed by atoms with Gasteiger partial charge in [0.05, 0.1) is 18.6 Å². The predicted octanol–water partition coefficient (Wildman–Crippen LogP) is 1.60. The highest BCUT2D eigenvalue weighted by molar-refractivity contribution is 6.35. The Hall–Kier alpha value is -2.63. The van der Waals surface area contributed by atoms with Crippen LogP contribution in [0.4, 0.5) is 0 Å². The molecule has 0 N–H and O–H groups in total. The maximum Gasteiger partial charge on any atom is 0.312 e. The molecule has 2 aromatic rings. The van der Waals surface area contributed by atoms with Crippen LogP contribution in [0.25, 0.3) is 5.69 Å². The molecule has 0 bridgehead atoms. The first-order valence-electron chi connectivity index (χ1n) is 8.40. The summed E-state index contributed by atoms with van der Waals surface area (Å²) >= 11 is 0. The molecular formula is C18H20N4O2. The van der Waals surface area contributed by atoms with E-state index in [1.807, 2.05) is 41.1 Å². The lowest BCUT2D eigenvalue weighted by atomic mass is 9.91. The van der Waals surface area contributed by atoms with Crippen molar-refractivity contribution >= 4 is 11.8 Å². The summed E-state index contributed by atoms with van der Waals surface area (Å²) in [5.74, 6) is -0.754. The van der Waals surface area contributed by atoms with Gasteiger partial charge in [-0.25, -0.2) is 4.98 Å². The quantitative estimate of drug-likeness (QED) is 0.803. The zero-order chi connectivity index (χ0) is 16.5. The van der Waals surface area contributed by atoms with Crippen molar-refractivity contribution in [3.8, 4) is 5.69 Å². The molecule has 124 valence electrons. The minimum absolute atomic E-state index is 0.279. The average molecular weight is 324 g/mol. The third-order valence-electron chi connectivity index (χ3n) is 4.90. The zero-order valence-corrected chi connectivity index (χ0v) is 13.5. The minimum Gasteiger partial charge on any atom is -0.330 e. The number of hydrogen-bond donors (Lipinski definition) is 0. The van der Waals surface area contributed by atoms with Gasteiger partial charge in [-0.3, -0.25) is 9.59 Å². The van der Waals surface area contributed by atoms with Gasteiger partial charge >= 0.3 is 11.8 Å². The molecule has 2 heterocycles. The molecule has 2 amide bonds. The molecule has 2 aliphatic rings. The molecule has 0 atom stereocenters. The molecule has 1 saturated heterocycles. The number of para-hydroxylation sites is 1. The second-order valence-corrected chi connectivity index (χ2v) is 6.42. The second kappa shape index (κ2) is 6.11. The van der Waals surface area contributed by atoms with Gasteiger partial charge in [-0.15, -0.1) is 0 Å². The molecule has 2 fully saturated rings. The summed E-state index contributed by atoms with van der Waals surface area (Å²) < 4.78 is 1.92. The van der Waals surface area contributed by atoms with Gasteiger partial charge in [0.1, 0.15) is 0 Å². The summed E-state index contributed by atoms with van der Waals surface area (Å²) in [5, 5.41) is 0. The molecule has 4 rings (SSSR count). The van der Waals surface area contributed by atoms with E-state index in [0.29, 0.717) is 19.6 Å². The number of hydrogen-bond acceptors (Lipinski definition) is 3. The van der Waals surface area contributed by atoms with Gasteiger partial charge in [0.2, 0.25) is 0 Å². The molecule has 1 aliphatic carbocycles. The lowest BCUT2D eigenvalue weighted by Crippen LogP contribution is -2.58. The third-order valence-corrected chi connectivity index (χ3v) is 4.90. The van der Waals surface area contributed by atoms with Crippen molar-refractivity contribution in [3.63, 3.8) is 0 Å². The number of carbonyl (C=O) groups is 2. The van der Waals surface area contributed by atoms with Crippen LogP contribution in [0.3, 0.4) is 0 Å². The molecule has 0 radical (unpaired) electrons. The number of amides is 2. The first-order chi connectivity index (χ1) is 11.7. The molecule has 1 aromatic heterocycles. The van der Waals surface area contributed by atoms with Crippen molar-refractivity contribution in [1.29, 1.82) is 0 Å². The van der Waals surface area contributed by atoms with E-state index in [0.717, 1.165) is 30.6 Å². The van der Waals surface area contributed by atoms with Crippen LogP contribution in [0, 0.1) is 0 Å². The molecule has 24 heavy (non-hydrogen) atoms. The van der Waals surface area contributed by atoms with E-state index < -0.39 is 5.91 Å². The Labute approximate surface area is 140 Å². The summed E-state index contributed by atoms with van der Waals surface area (Å²) in [6.07, 6.45) is 6.86. The van der Waals surface area contributed by atoms with Crippen LogP contribution in [0.2, 0.25) is 0 Å². The Morgan fingerprint density at radius 1 is 1.04 bits per heavy atom. The number of nitrogens with zero attached hydrogens (tertiary/aromatic N) is 4. The van der Waals surface area contributed by atoms with E-state index in [1.54, 1.807) is 16.1 Å². The summed E-state index contributed by atoms with van der Waals surface area (Å²) in [4.78, 5) is 32.4. The predicted molar refractivity (Wildman–Crippen MR) is 88.3 cm³/mol. The van der Waals surface area contributed by atoms with E-state index in [1.165, 1.54) is 0 Å². The fourth-order valence-corrected chi connectivity index (χ4v) is 3.27. The normalized spacial score (nSPS) is 18.8. The van der Waals surface area contributed by atoms with Gasteiger partial charge in [-0.05, 0) is 31.4 Å². The van der Waals surface area contributed by atoms with Crippen molar-refractivity contribution in [2.24, 2.45) is 0 Å². The first-order valence-corrected chi connectivity index (χ1v) is 8.40. The Morgan fingerprint density at radius 2 is 1.83 bits per heavy atom. The van der Waals surface area contributed by atoms with Crippen LogP contribution >= 0.6 is 0 Å². The summed E-state index contributed by atoms with van der Waals surface area (Å²) in [6.45, 7) is 1.59. The SMILES string of the molecule is O=C1C(=O)N(C2CCC2)CCN1Cc1cn(-c2ccccc2)cn1. The topological polar surface area (TPSA) is 58.4 Å². The third kappa shape index (κ3) is 2.68. The number of benzene rings is 1. The Balaban J connectivity index is 1.43. The molecule has 0 unspecified atom stereocenters. The number of aromatic nitrogens is 2. The van der Waals surface area contributed by atoms with Crippen molar-refractivity contribution in [3.05, 3.63) is 48.5 Å². The Bertz CT molecular complexity index is 751. The van der Waals surface area contributed by atoms with E-state index in [4.69, 9.17) is 0 Å². The van der Waals surface area contributed by atoms with Gasteiger partial charge in [0.25, 0.3) is 0 Å². The smallest absolute Gasteiger partial charge is 0.312 e. The minimum atomic E-state index is -0.401. The van der Waals surface area contributed by atoms with Crippen LogP contribution in [0.5, 0.6) is 0 Å². The largest absolute Gasteiger partial charge is 0.330 e. The molecule has 0 spiro atoms. The van der Waals surface area contributed by atoms with Crippen molar-refractivity contribution < 1.29 is 9.59 Å². The lowest BCUT2D eigenvalue weighted by molar-refractivity contribution is -0.159. The van der Waals surface area contributed by atoms with Gasteiger partial charge in [0.15, 0.2) is 0 Å². The number of rotatable bonds is 4. The maximum atomic E-state index is 12.4. The molecule has 1 aromatic carbocycles. The van der Waals surface area contributed by atoms with Crippen LogP contribution in [-0.2, 0) is 16.1 Å². The Morgan fingerprint density at radius 3 is 2.54 bits per heavy atom. The maximum absolute atomic E-state index is 12.4. The molecule has 6 nitrogen and oxygen atoms in total. The zero-order valence-electron chi connectivity index (χ0n) is 13.5. The van der Waals surface area contributed by atoms with E-state index >= 15 is 0 Å². The van der Waals surface area contributed by atoms with Crippen molar-refractivity contribution in [2.75, 3.05) is 13.1 Å². The number of piperazine rings is 1. The van der Waals surface area contributed by atoms with Crippen molar-refractivity contribution in [1.82, 2.24) is 19.4 Å². The number of imidazole rings is 1. The number of carbonyl (C=O) groups excluding carboxylic acids is 2. The standard InChI is InChI=1S/C18H20N4O2/c23-17-18(24)22(16-7-4-8-16)10-9-20(17)11-14-12-21(13-19-14)15-5-2-1-3-6-15/h1-3,5-6,12-13,16H,4,7-11H2. The highest BCUT2D eigenvalue weighted by Crippen LogP contribution is 2.26. The van der Waals surface area contributed by atoms with Crippen LogP contribution in [0.1, 0.15) is 25.0 Å². The van der Waals surface area contributed by atoms with Gasteiger partial charge in [-0.2, -0.15) is 0 Å². The van der Waals surface area contributed by atoms with E-state index in [-0.39, 0.29) is 11.9 Å². The molecular weight excluding hydrogens is 304 g/mol. The van der Waals surface area contributed by atoms with Gasteiger partial charge in [-0.1, -0.05) is 18.2 Å². The second-order valence-electron chi connectivity index (χ2n) is 6.42. The molecule has 1 saturated carbocycles. The van der Waals surface area contributed by atoms with E-state index in [9.17, 15) is 9.59 Å². The fourth-order valence-electron chi connectivity index (χ4n) is 3.27. The first kappa shape index (κ1) is 14.9. The van der Waals surface area contributed by atoms with Crippen LogP contribution in [-0.4, -0.2) is 50.3 Å². The van der Waals surface area contributed by atoms with Gasteiger partial charge in [0, 0.05) is 31.0 Å². The monoisotopic (exact) mass is 324 g/mol. The van der Waals surface area contributed by atoms with Crippen LogP contribution in [0.15, 0.2) is 42.9 Å². The highest BCUT2D eigenvalue weighted by Gasteiger charge is 2.38. The highest BCUT2D eigenvalue weighted by atomic mass is 16.2. The summed E-state index contributed by atoms with van der Waals surface area (Å²) in [6, 6.07) is 10.2. The van der Waals surface area contributed by atoms with E-state index in [2.05, 4.69) is 4.98 Å². The Kier molecular flexibility index (Phi) is 3.80. The molecule has 1 aliphatic heterocycles. The fraction of sp³-hybridized carbons (Fsp3) is 0.389. The lowest BCUT2D eigenvalue weighted by Gasteiger charge is -2.41.